The lowest BCUT2D eigenvalue weighted by atomic mass is 10.2. The summed E-state index contributed by atoms with van der Waals surface area (Å²) in [5, 5.41) is 26.9. The fraction of sp³-hybridized carbons (Fsp3) is 0.167. The van der Waals surface area contributed by atoms with E-state index in [4.69, 9.17) is 5.26 Å². The minimum Gasteiger partial charge on any atom is -0.385 e. The van der Waals surface area contributed by atoms with E-state index < -0.39 is 0 Å². The molecule has 0 saturated heterocycles. The number of nitrogens with one attached hydrogen (secondary N) is 1. The predicted molar refractivity (Wildman–Crippen MR) is 101 cm³/mol. The molecular weight excluding hydrogens is 346 g/mol. The zero-order valence-electron chi connectivity index (χ0n) is 14.3. The molecule has 0 radical (unpaired) electrons. The van der Waals surface area contributed by atoms with Gasteiger partial charge in [0.1, 0.15) is 11.1 Å². The summed E-state index contributed by atoms with van der Waals surface area (Å²) >= 11 is 1.54. The van der Waals surface area contributed by atoms with Crippen LogP contribution in [-0.2, 0) is 0 Å². The molecule has 0 atom stereocenters. The van der Waals surface area contributed by atoms with E-state index >= 15 is 0 Å². The van der Waals surface area contributed by atoms with Gasteiger partial charge in [0.15, 0.2) is 5.01 Å². The molecule has 1 N–H and O–H groups in total. The van der Waals surface area contributed by atoms with Crippen molar-refractivity contribution in [3.05, 3.63) is 47.2 Å². The SMILES string of the molecule is CCNc1cc(-c2ccc3cc(C#N)cnn23)ncc1-c1nnc(C)s1. The molecule has 0 aromatic carbocycles. The average molecular weight is 361 g/mol. The normalized spacial score (nSPS) is 10.8. The first-order chi connectivity index (χ1) is 12.7. The molecule has 0 saturated carbocycles. The van der Waals surface area contributed by atoms with Crippen molar-refractivity contribution in [2.24, 2.45) is 0 Å². The summed E-state index contributed by atoms with van der Waals surface area (Å²) in [5.74, 6) is 0. The molecule has 0 spiro atoms. The maximum Gasteiger partial charge on any atom is 0.151 e. The molecule has 0 aliphatic carbocycles. The Hall–Kier alpha value is -3.31. The Bertz CT molecular complexity index is 1140. The Labute approximate surface area is 154 Å². The molecule has 0 fully saturated rings. The van der Waals surface area contributed by atoms with E-state index in [1.54, 1.807) is 28.1 Å². The number of hydrogen-bond acceptors (Lipinski definition) is 7. The summed E-state index contributed by atoms with van der Waals surface area (Å²) in [7, 11) is 0. The van der Waals surface area contributed by atoms with Gasteiger partial charge in [0.05, 0.1) is 34.2 Å². The summed E-state index contributed by atoms with van der Waals surface area (Å²) < 4.78 is 1.79. The van der Waals surface area contributed by atoms with Crippen LogP contribution in [0.5, 0.6) is 0 Å². The largest absolute Gasteiger partial charge is 0.385 e. The molecule has 0 amide bonds. The maximum absolute atomic E-state index is 9.03. The van der Waals surface area contributed by atoms with Gasteiger partial charge in [0.2, 0.25) is 0 Å². The van der Waals surface area contributed by atoms with E-state index in [9.17, 15) is 0 Å². The molecule has 8 heteroatoms. The number of nitriles is 1. The lowest BCUT2D eigenvalue weighted by Crippen LogP contribution is -2.01. The van der Waals surface area contributed by atoms with E-state index in [1.807, 2.05) is 38.2 Å². The molecule has 4 aromatic heterocycles. The number of pyridine rings is 1. The fourth-order valence-electron chi connectivity index (χ4n) is 2.76. The highest BCUT2D eigenvalue weighted by Gasteiger charge is 2.14. The van der Waals surface area contributed by atoms with Gasteiger partial charge in [-0.1, -0.05) is 11.3 Å². The summed E-state index contributed by atoms with van der Waals surface area (Å²) in [6, 6.07) is 9.80. The number of hydrogen-bond donors (Lipinski definition) is 1. The summed E-state index contributed by atoms with van der Waals surface area (Å²) in [6.07, 6.45) is 3.37. The predicted octanol–water partition coefficient (Wildman–Crippen LogP) is 3.53. The zero-order valence-corrected chi connectivity index (χ0v) is 15.1. The second-order valence-corrected chi connectivity index (χ2v) is 6.86. The van der Waals surface area contributed by atoms with Crippen LogP contribution >= 0.6 is 11.3 Å². The van der Waals surface area contributed by atoms with Gasteiger partial charge in [-0.2, -0.15) is 10.4 Å². The van der Waals surface area contributed by atoms with Crippen LogP contribution < -0.4 is 5.32 Å². The Morgan fingerprint density at radius 3 is 2.85 bits per heavy atom. The van der Waals surface area contributed by atoms with Gasteiger partial charge in [-0.25, -0.2) is 4.52 Å². The van der Waals surface area contributed by atoms with E-state index in [2.05, 4.69) is 31.7 Å². The molecule has 7 nitrogen and oxygen atoms in total. The molecule has 4 aromatic rings. The van der Waals surface area contributed by atoms with Crippen LogP contribution in [0, 0.1) is 18.3 Å². The van der Waals surface area contributed by atoms with Crippen molar-refractivity contribution in [2.45, 2.75) is 13.8 Å². The summed E-state index contributed by atoms with van der Waals surface area (Å²) in [5.41, 5.74) is 4.94. The van der Waals surface area contributed by atoms with Gasteiger partial charge >= 0.3 is 0 Å². The molecule has 0 aliphatic rings. The van der Waals surface area contributed by atoms with E-state index in [0.717, 1.165) is 44.7 Å². The van der Waals surface area contributed by atoms with Crippen LogP contribution in [0.4, 0.5) is 5.69 Å². The van der Waals surface area contributed by atoms with Crippen molar-refractivity contribution in [1.82, 2.24) is 24.8 Å². The first-order valence-corrected chi connectivity index (χ1v) is 8.94. The fourth-order valence-corrected chi connectivity index (χ4v) is 3.48. The Kier molecular flexibility index (Phi) is 4.07. The summed E-state index contributed by atoms with van der Waals surface area (Å²) in [4.78, 5) is 4.62. The third-order valence-electron chi connectivity index (χ3n) is 3.92. The second kappa shape index (κ2) is 6.54. The highest BCUT2D eigenvalue weighted by atomic mass is 32.1. The Morgan fingerprint density at radius 1 is 1.23 bits per heavy atom. The zero-order chi connectivity index (χ0) is 18.1. The van der Waals surface area contributed by atoms with E-state index in [0.29, 0.717) is 5.56 Å². The minimum atomic E-state index is 0.533. The van der Waals surface area contributed by atoms with Gasteiger partial charge in [0, 0.05) is 18.4 Å². The third-order valence-corrected chi connectivity index (χ3v) is 4.79. The van der Waals surface area contributed by atoms with Gasteiger partial charge in [-0.3, -0.25) is 4.98 Å². The lowest BCUT2D eigenvalue weighted by Gasteiger charge is -2.10. The van der Waals surface area contributed by atoms with Crippen molar-refractivity contribution < 1.29 is 0 Å². The number of anilines is 1. The molecule has 4 heterocycles. The molecule has 4 rings (SSSR count). The standard InChI is InChI=1S/C18H15N7S/c1-3-20-15-7-16(21-10-14(15)18-24-23-11(2)26-18)17-5-4-13-6-12(8-19)9-22-25(13)17/h4-7,9-10H,3H2,1-2H3,(H,20,21). The first-order valence-electron chi connectivity index (χ1n) is 8.12. The molecule has 0 aliphatic heterocycles. The number of nitrogens with zero attached hydrogens (tertiary/aromatic N) is 6. The lowest BCUT2D eigenvalue weighted by molar-refractivity contribution is 0.939. The van der Waals surface area contributed by atoms with Crippen LogP contribution in [0.3, 0.4) is 0 Å². The van der Waals surface area contributed by atoms with Crippen LogP contribution in [0.25, 0.3) is 27.5 Å². The Morgan fingerprint density at radius 2 is 2.12 bits per heavy atom. The van der Waals surface area contributed by atoms with Crippen molar-refractivity contribution in [3.8, 4) is 28.0 Å². The number of rotatable bonds is 4. The van der Waals surface area contributed by atoms with Gasteiger partial charge in [-0.15, -0.1) is 10.2 Å². The topological polar surface area (TPSA) is 91.8 Å². The minimum absolute atomic E-state index is 0.533. The third kappa shape index (κ3) is 2.78. The maximum atomic E-state index is 9.03. The van der Waals surface area contributed by atoms with Crippen molar-refractivity contribution in [3.63, 3.8) is 0 Å². The van der Waals surface area contributed by atoms with Crippen molar-refractivity contribution in [1.29, 1.82) is 5.26 Å². The van der Waals surface area contributed by atoms with Crippen molar-refractivity contribution >= 4 is 22.5 Å². The number of aromatic nitrogens is 5. The smallest absolute Gasteiger partial charge is 0.151 e. The highest BCUT2D eigenvalue weighted by Crippen LogP contribution is 2.32. The molecule has 0 unspecified atom stereocenters. The van der Waals surface area contributed by atoms with Crippen LogP contribution in [0.15, 0.2) is 36.7 Å². The monoisotopic (exact) mass is 361 g/mol. The second-order valence-electron chi connectivity index (χ2n) is 5.68. The van der Waals surface area contributed by atoms with Crippen LogP contribution in [-0.4, -0.2) is 31.3 Å². The first kappa shape index (κ1) is 16.2. The van der Waals surface area contributed by atoms with Crippen LogP contribution in [0.2, 0.25) is 0 Å². The van der Waals surface area contributed by atoms with Gasteiger partial charge < -0.3 is 5.32 Å². The van der Waals surface area contributed by atoms with Gasteiger partial charge in [-0.05, 0) is 38.1 Å². The van der Waals surface area contributed by atoms with E-state index in [-0.39, 0.29) is 0 Å². The highest BCUT2D eigenvalue weighted by molar-refractivity contribution is 7.14. The van der Waals surface area contributed by atoms with E-state index in [1.165, 1.54) is 0 Å². The quantitative estimate of drug-likeness (QED) is 0.598. The van der Waals surface area contributed by atoms with Crippen molar-refractivity contribution in [2.75, 3.05) is 11.9 Å². The molecule has 128 valence electrons. The number of aryl methyl sites for hydroxylation is 1. The molecule has 26 heavy (non-hydrogen) atoms. The van der Waals surface area contributed by atoms with Gasteiger partial charge in [0.25, 0.3) is 0 Å². The summed E-state index contributed by atoms with van der Waals surface area (Å²) in [6.45, 7) is 4.77. The Balaban J connectivity index is 1.83. The average Bonchev–Trinajstić information content (AvgIpc) is 3.27. The molecule has 0 bridgehead atoms. The number of fused-ring (bicyclic) bond motifs is 1. The molecular formula is C18H15N7S. The van der Waals surface area contributed by atoms with Crippen LogP contribution in [0.1, 0.15) is 17.5 Å².